The second kappa shape index (κ2) is 7.12. The van der Waals surface area contributed by atoms with E-state index in [1.807, 2.05) is 24.3 Å². The summed E-state index contributed by atoms with van der Waals surface area (Å²) >= 11 is 0. The van der Waals surface area contributed by atoms with Crippen LogP contribution in [0, 0.1) is 5.92 Å². The van der Waals surface area contributed by atoms with Crippen LogP contribution in [-0.2, 0) is 9.84 Å². The van der Waals surface area contributed by atoms with Crippen molar-refractivity contribution < 1.29 is 8.42 Å². The lowest BCUT2D eigenvalue weighted by molar-refractivity contribution is 0.602. The summed E-state index contributed by atoms with van der Waals surface area (Å²) in [6.45, 7) is 0. The van der Waals surface area contributed by atoms with Crippen molar-refractivity contribution in [3.05, 3.63) is 69.6 Å². The molecule has 27 heavy (non-hydrogen) atoms. The molecule has 1 N–H and O–H groups in total. The normalized spacial score (nSPS) is 18.8. The van der Waals surface area contributed by atoms with E-state index in [2.05, 4.69) is 11.1 Å². The molecule has 1 heterocycles. The van der Waals surface area contributed by atoms with Crippen molar-refractivity contribution in [2.45, 2.75) is 49.3 Å². The van der Waals surface area contributed by atoms with Gasteiger partial charge < -0.3 is 4.98 Å². The van der Waals surface area contributed by atoms with Gasteiger partial charge in [-0.25, -0.2) is 8.42 Å². The van der Waals surface area contributed by atoms with Gasteiger partial charge in [-0.15, -0.1) is 0 Å². The molecule has 0 unspecified atom stereocenters. The highest BCUT2D eigenvalue weighted by atomic mass is 32.2. The SMILES string of the molecule is CS(=O)(=O)c1ccc(C(=CC2CCCC2)c2ccc(C3CC3)c(=O)[nH]2)cc1. The Morgan fingerprint density at radius 1 is 1.00 bits per heavy atom. The number of allylic oxidation sites excluding steroid dienone is 1. The largest absolute Gasteiger partial charge is 0.322 e. The molecule has 0 amide bonds. The minimum absolute atomic E-state index is 0.0000723. The monoisotopic (exact) mass is 383 g/mol. The Morgan fingerprint density at radius 3 is 2.22 bits per heavy atom. The van der Waals surface area contributed by atoms with Crippen LogP contribution in [0.5, 0.6) is 0 Å². The van der Waals surface area contributed by atoms with Crippen LogP contribution >= 0.6 is 0 Å². The number of hydrogen-bond donors (Lipinski definition) is 1. The predicted octanol–water partition coefficient (Wildman–Crippen LogP) is 4.28. The molecular weight excluding hydrogens is 358 g/mol. The molecule has 0 radical (unpaired) electrons. The van der Waals surface area contributed by atoms with Crippen LogP contribution in [0.25, 0.3) is 5.57 Å². The average Bonchev–Trinajstić information content (AvgIpc) is 3.34. The molecule has 0 bridgehead atoms. The van der Waals surface area contributed by atoms with E-state index in [1.165, 1.54) is 19.1 Å². The molecule has 0 aliphatic heterocycles. The Balaban J connectivity index is 1.75. The van der Waals surface area contributed by atoms with Crippen molar-refractivity contribution in [3.63, 3.8) is 0 Å². The van der Waals surface area contributed by atoms with E-state index < -0.39 is 9.84 Å². The second-order valence-corrected chi connectivity index (χ2v) is 9.87. The Bertz CT molecular complexity index is 1020. The Morgan fingerprint density at radius 2 is 1.67 bits per heavy atom. The summed E-state index contributed by atoms with van der Waals surface area (Å²) in [6, 6.07) is 10.9. The van der Waals surface area contributed by atoms with Gasteiger partial charge in [0.25, 0.3) is 5.56 Å². The molecule has 5 heteroatoms. The van der Waals surface area contributed by atoms with Crippen molar-refractivity contribution in [3.8, 4) is 0 Å². The maximum absolute atomic E-state index is 12.5. The molecule has 0 atom stereocenters. The van der Waals surface area contributed by atoms with E-state index in [0.717, 1.165) is 48.1 Å². The maximum Gasteiger partial charge on any atom is 0.251 e. The molecule has 4 nitrogen and oxygen atoms in total. The van der Waals surface area contributed by atoms with E-state index in [-0.39, 0.29) is 5.56 Å². The smallest absolute Gasteiger partial charge is 0.251 e. The summed E-state index contributed by atoms with van der Waals surface area (Å²) in [6.07, 6.45) is 10.5. The van der Waals surface area contributed by atoms with Crippen molar-refractivity contribution in [1.82, 2.24) is 4.98 Å². The van der Waals surface area contributed by atoms with Crippen LogP contribution in [0.15, 0.2) is 52.2 Å². The average molecular weight is 384 g/mol. The first kappa shape index (κ1) is 18.2. The number of benzene rings is 1. The van der Waals surface area contributed by atoms with Gasteiger partial charge in [0.05, 0.1) is 4.90 Å². The highest BCUT2D eigenvalue weighted by molar-refractivity contribution is 7.90. The zero-order chi connectivity index (χ0) is 19.0. The molecule has 2 aromatic rings. The lowest BCUT2D eigenvalue weighted by atomic mass is 9.95. The van der Waals surface area contributed by atoms with Gasteiger partial charge in [-0.05, 0) is 61.3 Å². The summed E-state index contributed by atoms with van der Waals surface area (Å²) in [5.41, 5.74) is 3.61. The highest BCUT2D eigenvalue weighted by Gasteiger charge is 2.26. The third-order valence-corrected chi connectivity index (χ3v) is 6.77. The number of sulfone groups is 1. The molecule has 2 aliphatic carbocycles. The van der Waals surface area contributed by atoms with E-state index in [0.29, 0.717) is 16.7 Å². The Labute approximate surface area is 160 Å². The predicted molar refractivity (Wildman–Crippen MR) is 108 cm³/mol. The number of hydrogen-bond acceptors (Lipinski definition) is 3. The summed E-state index contributed by atoms with van der Waals surface area (Å²) in [5.74, 6) is 0.917. The van der Waals surface area contributed by atoms with Gasteiger partial charge in [-0.2, -0.15) is 0 Å². The van der Waals surface area contributed by atoms with Gasteiger partial charge in [0.15, 0.2) is 9.84 Å². The summed E-state index contributed by atoms with van der Waals surface area (Å²) < 4.78 is 23.5. The van der Waals surface area contributed by atoms with Gasteiger partial charge >= 0.3 is 0 Å². The molecule has 4 rings (SSSR count). The van der Waals surface area contributed by atoms with Crippen molar-refractivity contribution in [2.75, 3.05) is 6.26 Å². The lowest BCUT2D eigenvalue weighted by Gasteiger charge is -2.13. The van der Waals surface area contributed by atoms with E-state index in [1.54, 1.807) is 12.1 Å². The van der Waals surface area contributed by atoms with Crippen LogP contribution < -0.4 is 5.56 Å². The summed E-state index contributed by atoms with van der Waals surface area (Å²) in [5, 5.41) is 0. The first-order valence-electron chi connectivity index (χ1n) is 9.68. The molecule has 2 aliphatic rings. The topological polar surface area (TPSA) is 67.0 Å². The number of H-pyrrole nitrogens is 1. The van der Waals surface area contributed by atoms with Gasteiger partial charge in [0, 0.05) is 23.1 Å². The van der Waals surface area contributed by atoms with Gasteiger partial charge in [0.2, 0.25) is 0 Å². The first-order chi connectivity index (χ1) is 12.9. The molecule has 1 aromatic carbocycles. The van der Waals surface area contributed by atoms with Crippen LogP contribution in [0.1, 0.15) is 61.3 Å². The van der Waals surface area contributed by atoms with Crippen LogP contribution in [-0.4, -0.2) is 19.7 Å². The van der Waals surface area contributed by atoms with Crippen LogP contribution in [0.3, 0.4) is 0 Å². The van der Waals surface area contributed by atoms with E-state index in [9.17, 15) is 13.2 Å². The van der Waals surface area contributed by atoms with Crippen LogP contribution in [0.4, 0.5) is 0 Å². The maximum atomic E-state index is 12.5. The second-order valence-electron chi connectivity index (χ2n) is 7.85. The molecule has 142 valence electrons. The number of aromatic amines is 1. The van der Waals surface area contributed by atoms with Gasteiger partial charge in [0.1, 0.15) is 0 Å². The molecule has 2 saturated carbocycles. The zero-order valence-corrected chi connectivity index (χ0v) is 16.4. The third-order valence-electron chi connectivity index (χ3n) is 5.64. The van der Waals surface area contributed by atoms with E-state index >= 15 is 0 Å². The van der Waals surface area contributed by atoms with Crippen LogP contribution in [0.2, 0.25) is 0 Å². The fraction of sp³-hybridized carbons (Fsp3) is 0.409. The highest BCUT2D eigenvalue weighted by Crippen LogP contribution is 2.38. The fourth-order valence-corrected chi connectivity index (χ4v) is 4.57. The number of rotatable bonds is 5. The number of aromatic nitrogens is 1. The number of pyridine rings is 1. The quantitative estimate of drug-likeness (QED) is 0.838. The molecular formula is C22H25NO3S. The zero-order valence-electron chi connectivity index (χ0n) is 15.6. The standard InChI is InChI=1S/C22H25NO3S/c1-27(25,26)18-10-8-17(9-11-18)20(14-15-4-2-3-5-15)21-13-12-19(16-6-7-16)22(24)23-21/h8-16H,2-7H2,1H3,(H,23,24). The first-order valence-corrected chi connectivity index (χ1v) is 11.6. The summed E-state index contributed by atoms with van der Waals surface area (Å²) in [7, 11) is -3.22. The molecule has 1 aromatic heterocycles. The molecule has 0 saturated heterocycles. The van der Waals surface area contributed by atoms with Gasteiger partial charge in [-0.1, -0.05) is 37.1 Å². The lowest BCUT2D eigenvalue weighted by Crippen LogP contribution is -2.13. The molecule has 2 fully saturated rings. The minimum Gasteiger partial charge on any atom is -0.322 e. The Kier molecular flexibility index (Phi) is 4.81. The Hall–Kier alpha value is -2.14. The van der Waals surface area contributed by atoms with Crippen molar-refractivity contribution in [2.24, 2.45) is 5.92 Å². The van der Waals surface area contributed by atoms with Crippen molar-refractivity contribution in [1.29, 1.82) is 0 Å². The van der Waals surface area contributed by atoms with Gasteiger partial charge in [-0.3, -0.25) is 4.79 Å². The third kappa shape index (κ3) is 4.08. The van der Waals surface area contributed by atoms with E-state index in [4.69, 9.17) is 0 Å². The number of nitrogens with one attached hydrogen (secondary N) is 1. The fourth-order valence-electron chi connectivity index (χ4n) is 3.94. The molecule has 0 spiro atoms. The van der Waals surface area contributed by atoms with Crippen molar-refractivity contribution >= 4 is 15.4 Å². The summed E-state index contributed by atoms with van der Waals surface area (Å²) in [4.78, 5) is 15.9. The minimum atomic E-state index is -3.22.